The van der Waals surface area contributed by atoms with Gasteiger partial charge in [-0.15, -0.1) is 0 Å². The predicted molar refractivity (Wildman–Crippen MR) is 78.4 cm³/mol. The molecule has 0 radical (unpaired) electrons. The van der Waals surface area contributed by atoms with Gasteiger partial charge in [-0.25, -0.2) is 4.79 Å². The van der Waals surface area contributed by atoms with Crippen LogP contribution < -0.4 is 0 Å². The quantitative estimate of drug-likeness (QED) is 0.827. The molecule has 0 amide bonds. The van der Waals surface area contributed by atoms with Crippen LogP contribution in [0.5, 0.6) is 0 Å². The standard InChI is InChI=1S/C17H16O4/c1-12(21-11-13-6-3-2-4-7-13)16(18)14-8-5-9-15(10-14)17(19)20/h2-10,12H,11H2,1H3,(H,19,20). The van der Waals surface area contributed by atoms with Gasteiger partial charge in [-0.1, -0.05) is 42.5 Å². The van der Waals surface area contributed by atoms with Gasteiger partial charge in [-0.3, -0.25) is 4.79 Å². The second-order valence-corrected chi connectivity index (χ2v) is 4.69. The number of Topliss-reactive ketones (excluding diaryl/α,β-unsaturated/α-hetero) is 1. The Bertz CT molecular complexity index is 634. The second-order valence-electron chi connectivity index (χ2n) is 4.69. The van der Waals surface area contributed by atoms with Crippen molar-refractivity contribution < 1.29 is 19.4 Å². The molecule has 0 saturated heterocycles. The molecule has 0 saturated carbocycles. The van der Waals surface area contributed by atoms with Gasteiger partial charge in [-0.2, -0.15) is 0 Å². The van der Waals surface area contributed by atoms with Crippen molar-refractivity contribution in [2.75, 3.05) is 0 Å². The summed E-state index contributed by atoms with van der Waals surface area (Å²) in [6.07, 6.45) is -0.630. The van der Waals surface area contributed by atoms with Gasteiger partial charge in [0, 0.05) is 5.56 Å². The first-order valence-electron chi connectivity index (χ1n) is 6.61. The summed E-state index contributed by atoms with van der Waals surface area (Å²) in [5, 5.41) is 8.94. The minimum absolute atomic E-state index is 0.0936. The molecule has 1 atom stereocenters. The first kappa shape index (κ1) is 14.9. The number of carboxylic acid groups (broad SMARTS) is 1. The van der Waals surface area contributed by atoms with Crippen molar-refractivity contribution in [3.05, 3.63) is 71.3 Å². The van der Waals surface area contributed by atoms with E-state index < -0.39 is 12.1 Å². The summed E-state index contributed by atoms with van der Waals surface area (Å²) in [4.78, 5) is 23.1. The zero-order valence-corrected chi connectivity index (χ0v) is 11.7. The third-order valence-corrected chi connectivity index (χ3v) is 3.11. The third-order valence-electron chi connectivity index (χ3n) is 3.11. The highest BCUT2D eigenvalue weighted by Crippen LogP contribution is 2.11. The molecule has 0 aliphatic carbocycles. The molecule has 4 heteroatoms. The number of carboxylic acids is 1. The number of rotatable bonds is 6. The molecule has 1 unspecified atom stereocenters. The summed E-state index contributed by atoms with van der Waals surface area (Å²) >= 11 is 0. The Labute approximate surface area is 123 Å². The Balaban J connectivity index is 2.02. The van der Waals surface area contributed by atoms with Crippen LogP contribution in [0, 0.1) is 0 Å². The highest BCUT2D eigenvalue weighted by Gasteiger charge is 2.17. The molecule has 0 spiro atoms. The molecule has 0 aromatic heterocycles. The van der Waals surface area contributed by atoms with Gasteiger partial charge in [-0.05, 0) is 24.6 Å². The maximum absolute atomic E-state index is 12.2. The van der Waals surface area contributed by atoms with Crippen molar-refractivity contribution in [1.82, 2.24) is 0 Å². The fourth-order valence-corrected chi connectivity index (χ4v) is 1.91. The topological polar surface area (TPSA) is 63.6 Å². The van der Waals surface area contributed by atoms with E-state index in [4.69, 9.17) is 9.84 Å². The van der Waals surface area contributed by atoms with Crippen LogP contribution in [0.15, 0.2) is 54.6 Å². The van der Waals surface area contributed by atoms with Gasteiger partial charge >= 0.3 is 5.97 Å². The van der Waals surface area contributed by atoms with E-state index in [0.717, 1.165) is 5.56 Å². The summed E-state index contributed by atoms with van der Waals surface area (Å²) in [6.45, 7) is 2.01. The molecule has 0 aliphatic rings. The van der Waals surface area contributed by atoms with Crippen LogP contribution in [0.2, 0.25) is 0 Å². The zero-order valence-electron chi connectivity index (χ0n) is 11.7. The third kappa shape index (κ3) is 4.00. The number of aromatic carboxylic acids is 1. The molecule has 1 N–H and O–H groups in total. The van der Waals surface area contributed by atoms with Gasteiger partial charge in [0.15, 0.2) is 5.78 Å². The molecule has 4 nitrogen and oxygen atoms in total. The first-order chi connectivity index (χ1) is 10.1. The summed E-state index contributed by atoms with van der Waals surface area (Å²) in [7, 11) is 0. The Kier molecular flexibility index (Phi) is 4.85. The van der Waals surface area contributed by atoms with Gasteiger partial charge in [0.05, 0.1) is 12.2 Å². The Hall–Kier alpha value is -2.46. The molecule has 108 valence electrons. The van der Waals surface area contributed by atoms with Crippen LogP contribution in [-0.4, -0.2) is 23.0 Å². The number of carbonyl (C=O) groups excluding carboxylic acids is 1. The maximum atomic E-state index is 12.2. The minimum Gasteiger partial charge on any atom is -0.478 e. The fourth-order valence-electron chi connectivity index (χ4n) is 1.91. The van der Waals surface area contributed by atoms with Gasteiger partial charge in [0.2, 0.25) is 0 Å². The number of ether oxygens (including phenoxy) is 1. The Morgan fingerprint density at radius 3 is 2.38 bits per heavy atom. The van der Waals surface area contributed by atoms with Crippen molar-refractivity contribution in [1.29, 1.82) is 0 Å². The number of hydrogen-bond acceptors (Lipinski definition) is 3. The molecule has 21 heavy (non-hydrogen) atoms. The zero-order chi connectivity index (χ0) is 15.2. The van der Waals surface area contributed by atoms with Crippen LogP contribution in [0.1, 0.15) is 33.2 Å². The van der Waals surface area contributed by atoms with Crippen molar-refractivity contribution in [2.45, 2.75) is 19.6 Å². The van der Waals surface area contributed by atoms with E-state index in [0.29, 0.717) is 12.2 Å². The average molecular weight is 284 g/mol. The monoisotopic (exact) mass is 284 g/mol. The first-order valence-corrected chi connectivity index (χ1v) is 6.61. The molecule has 2 aromatic rings. The minimum atomic E-state index is -1.05. The molecule has 0 bridgehead atoms. The lowest BCUT2D eigenvalue weighted by atomic mass is 10.0. The molecule has 0 aliphatic heterocycles. The highest BCUT2D eigenvalue weighted by atomic mass is 16.5. The van der Waals surface area contributed by atoms with E-state index in [1.807, 2.05) is 30.3 Å². The van der Waals surface area contributed by atoms with Crippen LogP contribution in [0.3, 0.4) is 0 Å². The van der Waals surface area contributed by atoms with Crippen LogP contribution in [0.25, 0.3) is 0 Å². The predicted octanol–water partition coefficient (Wildman–Crippen LogP) is 3.17. The lowest BCUT2D eigenvalue weighted by Gasteiger charge is -2.12. The molecular weight excluding hydrogens is 268 g/mol. The average Bonchev–Trinajstić information content (AvgIpc) is 2.53. The summed E-state index contributed by atoms with van der Waals surface area (Å²) in [5.41, 5.74) is 1.42. The van der Waals surface area contributed by atoms with Crippen molar-refractivity contribution >= 4 is 11.8 Å². The summed E-state index contributed by atoms with van der Waals surface area (Å²) < 4.78 is 5.55. The van der Waals surface area contributed by atoms with Gasteiger partial charge < -0.3 is 9.84 Å². The second kappa shape index (κ2) is 6.81. The molecule has 2 rings (SSSR count). The lowest BCUT2D eigenvalue weighted by molar-refractivity contribution is 0.0412. The van der Waals surface area contributed by atoms with E-state index in [9.17, 15) is 9.59 Å². The summed E-state index contributed by atoms with van der Waals surface area (Å²) in [5.74, 6) is -1.28. The van der Waals surface area contributed by atoms with E-state index in [1.54, 1.807) is 19.1 Å². The number of benzene rings is 2. The molecule has 0 heterocycles. The SMILES string of the molecule is CC(OCc1ccccc1)C(=O)c1cccc(C(=O)O)c1. The van der Waals surface area contributed by atoms with E-state index >= 15 is 0 Å². The van der Waals surface area contributed by atoms with Crippen LogP contribution >= 0.6 is 0 Å². The van der Waals surface area contributed by atoms with E-state index in [1.165, 1.54) is 12.1 Å². The molecule has 0 fully saturated rings. The van der Waals surface area contributed by atoms with Gasteiger partial charge in [0.25, 0.3) is 0 Å². The highest BCUT2D eigenvalue weighted by molar-refractivity contribution is 6.01. The normalized spacial score (nSPS) is 11.9. The number of carbonyl (C=O) groups is 2. The number of hydrogen-bond donors (Lipinski definition) is 1. The Morgan fingerprint density at radius 2 is 1.71 bits per heavy atom. The van der Waals surface area contributed by atoms with Crippen molar-refractivity contribution in [2.24, 2.45) is 0 Å². The Morgan fingerprint density at radius 1 is 1.05 bits per heavy atom. The number of ketones is 1. The van der Waals surface area contributed by atoms with Crippen molar-refractivity contribution in [3.8, 4) is 0 Å². The van der Waals surface area contributed by atoms with Crippen LogP contribution in [0.4, 0.5) is 0 Å². The van der Waals surface area contributed by atoms with Gasteiger partial charge in [0.1, 0.15) is 6.10 Å². The van der Waals surface area contributed by atoms with Crippen molar-refractivity contribution in [3.63, 3.8) is 0 Å². The van der Waals surface area contributed by atoms with Crippen LogP contribution in [-0.2, 0) is 11.3 Å². The fraction of sp³-hybridized carbons (Fsp3) is 0.176. The smallest absolute Gasteiger partial charge is 0.335 e. The van der Waals surface area contributed by atoms with E-state index in [2.05, 4.69) is 0 Å². The molecular formula is C17H16O4. The molecule has 2 aromatic carbocycles. The summed E-state index contributed by atoms with van der Waals surface area (Å²) in [6, 6.07) is 15.5. The van der Waals surface area contributed by atoms with E-state index in [-0.39, 0.29) is 11.3 Å². The lowest BCUT2D eigenvalue weighted by Crippen LogP contribution is -2.21. The maximum Gasteiger partial charge on any atom is 0.335 e. The largest absolute Gasteiger partial charge is 0.478 e.